The average molecular weight is 356 g/mol. The van der Waals surface area contributed by atoms with Gasteiger partial charge >= 0.3 is 5.97 Å². The lowest BCUT2D eigenvalue weighted by Crippen LogP contribution is -2.32. The molecule has 8 heteroatoms. The average Bonchev–Trinajstić information content (AvgIpc) is 3.20. The maximum atomic E-state index is 12.1. The normalized spacial score (nSPS) is 16.1. The maximum absolute atomic E-state index is 12.1. The van der Waals surface area contributed by atoms with Gasteiger partial charge in [-0.25, -0.2) is 14.8 Å². The molecule has 0 saturated carbocycles. The Morgan fingerprint density at radius 3 is 2.81 bits per heavy atom. The van der Waals surface area contributed by atoms with E-state index in [1.54, 1.807) is 24.3 Å². The predicted molar refractivity (Wildman–Crippen MR) is 94.4 cm³/mol. The van der Waals surface area contributed by atoms with Gasteiger partial charge in [-0.3, -0.25) is 4.79 Å². The van der Waals surface area contributed by atoms with Crippen LogP contribution >= 0.6 is 0 Å². The minimum absolute atomic E-state index is 0.0719. The number of methoxy groups -OCH3 is 1. The summed E-state index contributed by atoms with van der Waals surface area (Å²) in [6.07, 6.45) is 4.87. The molecule has 1 aliphatic rings. The van der Waals surface area contributed by atoms with Gasteiger partial charge in [-0.2, -0.15) is 0 Å². The second kappa shape index (κ2) is 8.39. The molecular weight excluding hydrogens is 336 g/mol. The Balaban J connectivity index is 1.63. The highest BCUT2D eigenvalue weighted by molar-refractivity contribution is 5.96. The molecule has 2 aromatic rings. The molecule has 3 rings (SSSR count). The largest absolute Gasteiger partial charge is 0.465 e. The Kier molecular flexibility index (Phi) is 5.75. The molecule has 1 saturated heterocycles. The fourth-order valence-corrected chi connectivity index (χ4v) is 2.63. The van der Waals surface area contributed by atoms with Gasteiger partial charge in [-0.1, -0.05) is 12.1 Å². The number of ether oxygens (including phenoxy) is 2. The number of carbonyl (C=O) groups excluding carboxylic acids is 2. The highest BCUT2D eigenvalue weighted by Gasteiger charge is 2.17. The van der Waals surface area contributed by atoms with Gasteiger partial charge in [0.15, 0.2) is 0 Å². The molecule has 1 amide bonds. The first-order chi connectivity index (χ1) is 12.7. The number of para-hydroxylation sites is 1. The van der Waals surface area contributed by atoms with Crippen LogP contribution in [0.3, 0.4) is 0 Å². The molecule has 1 fully saturated rings. The van der Waals surface area contributed by atoms with Crippen LogP contribution in [-0.2, 0) is 9.47 Å². The molecule has 0 aliphatic carbocycles. The molecule has 1 atom stereocenters. The second-order valence-electron chi connectivity index (χ2n) is 5.79. The van der Waals surface area contributed by atoms with E-state index in [2.05, 4.69) is 20.6 Å². The van der Waals surface area contributed by atoms with Crippen molar-refractivity contribution in [3.8, 4) is 0 Å². The molecule has 1 aliphatic heterocycles. The van der Waals surface area contributed by atoms with Crippen molar-refractivity contribution in [2.24, 2.45) is 0 Å². The van der Waals surface area contributed by atoms with Crippen LogP contribution in [0.15, 0.2) is 36.7 Å². The minimum atomic E-state index is -0.453. The zero-order valence-electron chi connectivity index (χ0n) is 14.4. The molecule has 8 nitrogen and oxygen atoms in total. The third kappa shape index (κ3) is 4.34. The summed E-state index contributed by atoms with van der Waals surface area (Å²) < 4.78 is 10.2. The monoisotopic (exact) mass is 356 g/mol. The Labute approximate surface area is 150 Å². The van der Waals surface area contributed by atoms with Crippen molar-refractivity contribution in [3.05, 3.63) is 47.9 Å². The van der Waals surface area contributed by atoms with Gasteiger partial charge in [-0.05, 0) is 25.0 Å². The molecule has 0 spiro atoms. The minimum Gasteiger partial charge on any atom is -0.465 e. The Morgan fingerprint density at radius 2 is 2.12 bits per heavy atom. The number of hydrogen-bond donors (Lipinski definition) is 2. The van der Waals surface area contributed by atoms with Crippen molar-refractivity contribution >= 4 is 23.4 Å². The number of nitrogens with one attached hydrogen (secondary N) is 2. The molecule has 1 aromatic carbocycles. The molecule has 2 heterocycles. The van der Waals surface area contributed by atoms with E-state index in [0.717, 1.165) is 19.4 Å². The molecular formula is C18H20N4O4. The number of esters is 1. The van der Waals surface area contributed by atoms with Crippen LogP contribution in [0.1, 0.15) is 33.7 Å². The lowest BCUT2D eigenvalue weighted by atomic mass is 10.2. The van der Waals surface area contributed by atoms with E-state index < -0.39 is 5.97 Å². The summed E-state index contributed by atoms with van der Waals surface area (Å²) in [6.45, 7) is 1.21. The number of carbonyl (C=O) groups is 2. The first kappa shape index (κ1) is 17.8. The van der Waals surface area contributed by atoms with Gasteiger partial charge in [0.25, 0.3) is 5.91 Å². The molecule has 1 unspecified atom stereocenters. The Bertz CT molecular complexity index is 773. The first-order valence-electron chi connectivity index (χ1n) is 8.33. The highest BCUT2D eigenvalue weighted by Crippen LogP contribution is 2.20. The fourth-order valence-electron chi connectivity index (χ4n) is 2.63. The number of amides is 1. The lowest BCUT2D eigenvalue weighted by molar-refractivity contribution is 0.0601. The molecule has 0 bridgehead atoms. The number of nitrogens with zero attached hydrogens (tertiary/aromatic N) is 2. The number of benzene rings is 1. The quantitative estimate of drug-likeness (QED) is 0.762. The second-order valence-corrected chi connectivity index (χ2v) is 5.79. The van der Waals surface area contributed by atoms with Crippen LogP contribution in [0.5, 0.6) is 0 Å². The van der Waals surface area contributed by atoms with Crippen molar-refractivity contribution in [3.63, 3.8) is 0 Å². The fraction of sp³-hybridized carbons (Fsp3) is 0.333. The van der Waals surface area contributed by atoms with Gasteiger partial charge in [-0.15, -0.1) is 0 Å². The number of hydrogen-bond acceptors (Lipinski definition) is 7. The van der Waals surface area contributed by atoms with E-state index >= 15 is 0 Å². The highest BCUT2D eigenvalue weighted by atomic mass is 16.5. The van der Waals surface area contributed by atoms with E-state index in [9.17, 15) is 9.59 Å². The van der Waals surface area contributed by atoms with Crippen LogP contribution < -0.4 is 10.6 Å². The molecule has 26 heavy (non-hydrogen) atoms. The van der Waals surface area contributed by atoms with Crippen LogP contribution in [0.25, 0.3) is 0 Å². The van der Waals surface area contributed by atoms with Gasteiger partial charge < -0.3 is 20.1 Å². The van der Waals surface area contributed by atoms with E-state index in [1.165, 1.54) is 19.5 Å². The maximum Gasteiger partial charge on any atom is 0.339 e. The predicted octanol–water partition coefficient (Wildman–Crippen LogP) is 1.92. The molecule has 136 valence electrons. The standard InChI is InChI=1S/C18H20N4O4/c1-25-18(24)13-6-2-3-7-14(13)22-16-11-19-15(10-20-16)17(23)21-9-12-5-4-8-26-12/h2-3,6-7,10-12H,4-5,8-9H2,1H3,(H,20,22)(H,21,23). The van der Waals surface area contributed by atoms with Crippen molar-refractivity contribution in [1.29, 1.82) is 0 Å². The van der Waals surface area contributed by atoms with Crippen LogP contribution in [0.4, 0.5) is 11.5 Å². The smallest absolute Gasteiger partial charge is 0.339 e. The van der Waals surface area contributed by atoms with Crippen LogP contribution in [0.2, 0.25) is 0 Å². The van der Waals surface area contributed by atoms with E-state index in [1.807, 2.05) is 0 Å². The molecule has 2 N–H and O–H groups in total. The van der Waals surface area contributed by atoms with Crippen molar-refractivity contribution in [1.82, 2.24) is 15.3 Å². The summed E-state index contributed by atoms with van der Waals surface area (Å²) >= 11 is 0. The third-order valence-corrected chi connectivity index (χ3v) is 3.99. The van der Waals surface area contributed by atoms with Crippen molar-refractivity contribution in [2.45, 2.75) is 18.9 Å². The summed E-state index contributed by atoms with van der Waals surface area (Å²) in [5.74, 6) is -0.335. The number of aromatic nitrogens is 2. The van der Waals surface area contributed by atoms with E-state index in [4.69, 9.17) is 9.47 Å². The zero-order valence-corrected chi connectivity index (χ0v) is 14.4. The molecule has 0 radical (unpaired) electrons. The Morgan fingerprint density at radius 1 is 1.27 bits per heavy atom. The SMILES string of the molecule is COC(=O)c1ccccc1Nc1cnc(C(=O)NCC2CCCO2)cn1. The number of anilines is 2. The topological polar surface area (TPSA) is 102 Å². The summed E-state index contributed by atoms with van der Waals surface area (Å²) in [6, 6.07) is 6.91. The van der Waals surface area contributed by atoms with Gasteiger partial charge in [0, 0.05) is 13.2 Å². The summed E-state index contributed by atoms with van der Waals surface area (Å²) in [5.41, 5.74) is 1.15. The summed E-state index contributed by atoms with van der Waals surface area (Å²) in [4.78, 5) is 32.2. The van der Waals surface area contributed by atoms with Crippen LogP contribution in [0, 0.1) is 0 Å². The van der Waals surface area contributed by atoms with Gasteiger partial charge in [0.1, 0.15) is 11.5 Å². The first-order valence-corrected chi connectivity index (χ1v) is 8.33. The van der Waals surface area contributed by atoms with Crippen molar-refractivity contribution in [2.75, 3.05) is 25.6 Å². The van der Waals surface area contributed by atoms with Crippen molar-refractivity contribution < 1.29 is 19.1 Å². The summed E-state index contributed by atoms with van der Waals surface area (Å²) in [7, 11) is 1.32. The van der Waals surface area contributed by atoms with Gasteiger partial charge in [0.2, 0.25) is 0 Å². The van der Waals surface area contributed by atoms with E-state index in [0.29, 0.717) is 23.6 Å². The summed E-state index contributed by atoms with van der Waals surface area (Å²) in [5, 5.41) is 5.80. The lowest BCUT2D eigenvalue weighted by Gasteiger charge is -2.11. The van der Waals surface area contributed by atoms with E-state index in [-0.39, 0.29) is 17.7 Å². The zero-order chi connectivity index (χ0) is 18.4. The Hall–Kier alpha value is -3.00. The molecule has 1 aromatic heterocycles. The van der Waals surface area contributed by atoms with Crippen LogP contribution in [-0.4, -0.2) is 48.2 Å². The van der Waals surface area contributed by atoms with Gasteiger partial charge in [0.05, 0.1) is 36.9 Å². The number of rotatable bonds is 6. The third-order valence-electron chi connectivity index (χ3n) is 3.99.